The van der Waals surface area contributed by atoms with E-state index in [0.717, 1.165) is 51.7 Å². The topological polar surface area (TPSA) is 54.5 Å². The maximum absolute atomic E-state index is 11.9. The first kappa shape index (κ1) is 19.3. The van der Waals surface area contributed by atoms with Crippen LogP contribution in [0.4, 0.5) is 0 Å². The van der Waals surface area contributed by atoms with Crippen LogP contribution in [0, 0.1) is 5.92 Å². The number of hydrogen-bond acceptors (Lipinski definition) is 4. The zero-order valence-electron chi connectivity index (χ0n) is 16.2. The van der Waals surface area contributed by atoms with Crippen molar-refractivity contribution in [3.63, 3.8) is 0 Å². The average molecular weight is 360 g/mol. The maximum Gasteiger partial charge on any atom is 0.220 e. The number of carbonyl (C=O) groups is 1. The number of carbonyl (C=O) groups excluding carboxylic acids is 1. The van der Waals surface area contributed by atoms with Gasteiger partial charge < -0.3 is 10.1 Å². The average Bonchev–Trinajstić information content (AvgIpc) is 3.04. The fourth-order valence-corrected chi connectivity index (χ4v) is 4.01. The molecule has 0 saturated carbocycles. The summed E-state index contributed by atoms with van der Waals surface area (Å²) >= 11 is 0. The van der Waals surface area contributed by atoms with Gasteiger partial charge in [0.15, 0.2) is 0 Å². The van der Waals surface area contributed by atoms with E-state index in [4.69, 9.17) is 4.74 Å². The number of hydrogen-bond donors (Lipinski definition) is 1. The summed E-state index contributed by atoms with van der Waals surface area (Å²) in [6.45, 7) is 8.08. The molecule has 3 rings (SSSR count). The Labute approximate surface area is 157 Å². The van der Waals surface area contributed by atoms with E-state index in [9.17, 15) is 4.79 Å². The highest BCUT2D eigenvalue weighted by molar-refractivity contribution is 5.75. The molecule has 26 heavy (non-hydrogen) atoms. The molecule has 2 aliphatic heterocycles. The Kier molecular flexibility index (Phi) is 6.65. The molecular formula is C21H33N3O2. The van der Waals surface area contributed by atoms with Gasteiger partial charge in [-0.25, -0.2) is 0 Å². The molecule has 1 spiro atoms. The summed E-state index contributed by atoms with van der Waals surface area (Å²) in [4.78, 5) is 18.6. The Hall–Kier alpha value is -1.46. The van der Waals surface area contributed by atoms with Crippen molar-refractivity contribution in [3.8, 4) is 0 Å². The van der Waals surface area contributed by atoms with Crippen LogP contribution in [0.25, 0.3) is 0 Å². The molecule has 0 bridgehead atoms. The second-order valence-corrected chi connectivity index (χ2v) is 8.34. The number of ether oxygens (including phenoxy) is 1. The summed E-state index contributed by atoms with van der Waals surface area (Å²) in [6.07, 6.45) is 9.90. The van der Waals surface area contributed by atoms with Crippen LogP contribution in [0.5, 0.6) is 0 Å². The molecule has 2 aliphatic rings. The van der Waals surface area contributed by atoms with Crippen molar-refractivity contribution < 1.29 is 9.53 Å². The predicted molar refractivity (Wildman–Crippen MR) is 103 cm³/mol. The SMILES string of the molecule is CC(C)CCC(=O)NC[C@@H]1CCC2(CCN(Cc3cccnc3)CC2)O1. The zero-order valence-corrected chi connectivity index (χ0v) is 16.2. The quantitative estimate of drug-likeness (QED) is 0.812. The Morgan fingerprint density at radius 2 is 2.19 bits per heavy atom. The Balaban J connectivity index is 1.38. The van der Waals surface area contributed by atoms with Gasteiger partial charge in [0, 0.05) is 45.0 Å². The number of amides is 1. The molecule has 5 heteroatoms. The van der Waals surface area contributed by atoms with Crippen LogP contribution in [-0.4, -0.2) is 47.1 Å². The van der Waals surface area contributed by atoms with Crippen LogP contribution in [0.2, 0.25) is 0 Å². The fourth-order valence-electron chi connectivity index (χ4n) is 4.01. The number of piperidine rings is 1. The van der Waals surface area contributed by atoms with E-state index >= 15 is 0 Å². The predicted octanol–water partition coefficient (Wildman–Crippen LogP) is 3.15. The molecule has 3 heterocycles. The van der Waals surface area contributed by atoms with E-state index < -0.39 is 0 Å². The van der Waals surface area contributed by atoms with E-state index in [1.807, 2.05) is 18.5 Å². The van der Waals surface area contributed by atoms with Crippen molar-refractivity contribution in [1.29, 1.82) is 0 Å². The number of likely N-dealkylation sites (tertiary alicyclic amines) is 1. The van der Waals surface area contributed by atoms with Gasteiger partial charge in [0.1, 0.15) is 0 Å². The van der Waals surface area contributed by atoms with Gasteiger partial charge in [0.25, 0.3) is 0 Å². The third-order valence-electron chi connectivity index (χ3n) is 5.71. The van der Waals surface area contributed by atoms with Crippen molar-refractivity contribution in [3.05, 3.63) is 30.1 Å². The van der Waals surface area contributed by atoms with Crippen molar-refractivity contribution in [2.24, 2.45) is 5.92 Å². The van der Waals surface area contributed by atoms with Crippen molar-refractivity contribution in [2.45, 2.75) is 70.6 Å². The minimum Gasteiger partial charge on any atom is -0.370 e. The minimum atomic E-state index is 0.0404. The lowest BCUT2D eigenvalue weighted by atomic mass is 9.88. The molecule has 0 aliphatic carbocycles. The standard InChI is InChI=1S/C21H33N3O2/c1-17(2)5-6-20(25)23-15-19-7-8-21(26-19)9-12-24(13-10-21)16-18-4-3-11-22-14-18/h3-4,11,14,17,19H,5-10,12-13,15-16H2,1-2H3,(H,23,25)/t19-/m0/s1. The normalized spacial score (nSPS) is 22.8. The number of aromatic nitrogens is 1. The summed E-state index contributed by atoms with van der Waals surface area (Å²) in [5, 5.41) is 3.06. The van der Waals surface area contributed by atoms with Crippen molar-refractivity contribution in [2.75, 3.05) is 19.6 Å². The number of nitrogens with zero attached hydrogens (tertiary/aromatic N) is 2. The van der Waals surface area contributed by atoms with Crippen LogP contribution in [0.3, 0.4) is 0 Å². The summed E-state index contributed by atoms with van der Waals surface area (Å²) in [7, 11) is 0. The van der Waals surface area contributed by atoms with Crippen LogP contribution in [-0.2, 0) is 16.1 Å². The zero-order chi connectivity index (χ0) is 18.4. The molecule has 2 saturated heterocycles. The number of pyridine rings is 1. The lowest BCUT2D eigenvalue weighted by Gasteiger charge is -2.39. The molecule has 2 fully saturated rings. The van der Waals surface area contributed by atoms with Gasteiger partial charge in [-0.3, -0.25) is 14.7 Å². The van der Waals surface area contributed by atoms with Gasteiger partial charge in [-0.1, -0.05) is 19.9 Å². The lowest BCUT2D eigenvalue weighted by molar-refractivity contribution is -0.123. The van der Waals surface area contributed by atoms with E-state index in [1.165, 1.54) is 5.56 Å². The van der Waals surface area contributed by atoms with Crippen molar-refractivity contribution >= 4 is 5.91 Å². The molecule has 1 amide bonds. The molecule has 1 aromatic rings. The number of rotatable bonds is 7. The molecule has 0 unspecified atom stereocenters. The largest absolute Gasteiger partial charge is 0.370 e. The van der Waals surface area contributed by atoms with Crippen LogP contribution < -0.4 is 5.32 Å². The highest BCUT2D eigenvalue weighted by Crippen LogP contribution is 2.38. The second-order valence-electron chi connectivity index (χ2n) is 8.34. The maximum atomic E-state index is 11.9. The summed E-state index contributed by atoms with van der Waals surface area (Å²) in [6, 6.07) is 4.14. The molecule has 1 N–H and O–H groups in total. The van der Waals surface area contributed by atoms with Gasteiger partial charge in [-0.2, -0.15) is 0 Å². The first-order valence-corrected chi connectivity index (χ1v) is 10.1. The van der Waals surface area contributed by atoms with Crippen LogP contribution in [0.1, 0.15) is 57.9 Å². The van der Waals surface area contributed by atoms with E-state index in [2.05, 4.69) is 35.1 Å². The molecule has 144 valence electrons. The smallest absolute Gasteiger partial charge is 0.220 e. The van der Waals surface area contributed by atoms with Crippen molar-refractivity contribution in [1.82, 2.24) is 15.2 Å². The fraction of sp³-hybridized carbons (Fsp3) is 0.714. The van der Waals surface area contributed by atoms with Crippen LogP contribution in [0.15, 0.2) is 24.5 Å². The highest BCUT2D eigenvalue weighted by Gasteiger charge is 2.42. The monoisotopic (exact) mass is 359 g/mol. The molecule has 1 atom stereocenters. The number of nitrogens with one attached hydrogen (secondary N) is 1. The van der Waals surface area contributed by atoms with Gasteiger partial charge in [-0.15, -0.1) is 0 Å². The van der Waals surface area contributed by atoms with Gasteiger partial charge >= 0.3 is 0 Å². The second kappa shape index (κ2) is 8.96. The third kappa shape index (κ3) is 5.52. The molecule has 5 nitrogen and oxygen atoms in total. The summed E-state index contributed by atoms with van der Waals surface area (Å²) in [5.74, 6) is 0.734. The Morgan fingerprint density at radius 1 is 1.38 bits per heavy atom. The van der Waals surface area contributed by atoms with E-state index in [1.54, 1.807) is 0 Å². The molecule has 0 aromatic carbocycles. The third-order valence-corrected chi connectivity index (χ3v) is 5.71. The first-order chi connectivity index (χ1) is 12.5. The summed E-state index contributed by atoms with van der Waals surface area (Å²) in [5.41, 5.74) is 1.32. The first-order valence-electron chi connectivity index (χ1n) is 10.1. The lowest BCUT2D eigenvalue weighted by Crippen LogP contribution is -2.44. The Bertz CT molecular complexity index is 568. The van der Waals surface area contributed by atoms with Gasteiger partial charge in [0.05, 0.1) is 11.7 Å². The van der Waals surface area contributed by atoms with Gasteiger partial charge in [0.2, 0.25) is 5.91 Å². The minimum absolute atomic E-state index is 0.0404. The van der Waals surface area contributed by atoms with E-state index in [0.29, 0.717) is 18.9 Å². The van der Waals surface area contributed by atoms with Crippen LogP contribution >= 0.6 is 0 Å². The molecule has 1 aromatic heterocycles. The van der Waals surface area contributed by atoms with Gasteiger partial charge in [-0.05, 0) is 49.7 Å². The molecule has 0 radical (unpaired) electrons. The summed E-state index contributed by atoms with van der Waals surface area (Å²) < 4.78 is 6.41. The Morgan fingerprint density at radius 3 is 2.88 bits per heavy atom. The van der Waals surface area contributed by atoms with E-state index in [-0.39, 0.29) is 17.6 Å². The molecular weight excluding hydrogens is 326 g/mol. The highest BCUT2D eigenvalue weighted by atomic mass is 16.5.